The molecule has 0 aromatic carbocycles. The molecule has 0 saturated carbocycles. The first-order chi connectivity index (χ1) is 10.2. The van der Waals surface area contributed by atoms with Gasteiger partial charge in [0.05, 0.1) is 0 Å². The van der Waals surface area contributed by atoms with Crippen molar-refractivity contribution in [3.05, 3.63) is 24.1 Å². The fourth-order valence-corrected chi connectivity index (χ4v) is 2.79. The summed E-state index contributed by atoms with van der Waals surface area (Å²) in [5.74, 6) is 0.107. The fraction of sp³-hybridized carbons (Fsp3) is 0.625. The molecule has 1 aromatic heterocycles. The van der Waals surface area contributed by atoms with Gasteiger partial charge in [-0.25, -0.2) is 9.78 Å². The Morgan fingerprint density at radius 3 is 2.36 bits per heavy atom. The molecule has 0 bridgehead atoms. The molecule has 0 radical (unpaired) electrons. The number of amides is 1. The average molecular weight is 309 g/mol. The highest BCUT2D eigenvalue weighted by Gasteiger charge is 2.34. The number of carbonyl (C=O) groups is 1. The molecule has 2 rings (SSSR count). The number of hydrogen-bond acceptors (Lipinski definition) is 4. The molecule has 2 atom stereocenters. The molecule has 6 heteroatoms. The first-order valence-electron chi connectivity index (χ1n) is 7.56. The molecule has 1 aliphatic heterocycles. The minimum absolute atomic E-state index is 0.0329. The van der Waals surface area contributed by atoms with Gasteiger partial charge in [0.15, 0.2) is 0 Å². The second-order valence-electron chi connectivity index (χ2n) is 6.81. The van der Waals surface area contributed by atoms with Crippen LogP contribution in [-0.2, 0) is 4.74 Å². The summed E-state index contributed by atoms with van der Waals surface area (Å²) in [7, 11) is 0. The van der Waals surface area contributed by atoms with Crippen LogP contribution in [0.3, 0.4) is 0 Å². The van der Waals surface area contributed by atoms with E-state index < -0.39 is 11.5 Å². The zero-order chi connectivity index (χ0) is 16.5. The minimum Gasteiger partial charge on any atom is -0.444 e. The van der Waals surface area contributed by atoms with Crippen molar-refractivity contribution < 1.29 is 13.9 Å². The Hall–Kier alpha value is -1.85. The van der Waals surface area contributed by atoms with Crippen molar-refractivity contribution in [1.82, 2.24) is 9.88 Å². The van der Waals surface area contributed by atoms with Gasteiger partial charge in [0.2, 0.25) is 5.95 Å². The Labute approximate surface area is 131 Å². The molecule has 1 saturated heterocycles. The maximum atomic E-state index is 13.3. The summed E-state index contributed by atoms with van der Waals surface area (Å²) in [6, 6.07) is 4.84. The highest BCUT2D eigenvalue weighted by atomic mass is 19.1. The van der Waals surface area contributed by atoms with Crippen LogP contribution in [0.2, 0.25) is 0 Å². The van der Waals surface area contributed by atoms with Crippen molar-refractivity contribution in [1.29, 1.82) is 0 Å². The molecule has 0 aliphatic carbocycles. The third-order valence-corrected chi connectivity index (χ3v) is 3.54. The zero-order valence-electron chi connectivity index (χ0n) is 13.8. The van der Waals surface area contributed by atoms with E-state index in [4.69, 9.17) is 4.74 Å². The van der Waals surface area contributed by atoms with E-state index in [0.29, 0.717) is 18.9 Å². The molecule has 2 heterocycles. The highest BCUT2D eigenvalue weighted by molar-refractivity contribution is 5.69. The molecular weight excluding hydrogens is 285 g/mol. The number of rotatable bonds is 1. The van der Waals surface area contributed by atoms with Crippen molar-refractivity contribution in [3.8, 4) is 0 Å². The largest absolute Gasteiger partial charge is 0.444 e. The number of anilines is 1. The summed E-state index contributed by atoms with van der Waals surface area (Å²) >= 11 is 0. The van der Waals surface area contributed by atoms with E-state index in [2.05, 4.69) is 4.98 Å². The number of aromatic nitrogens is 1. The van der Waals surface area contributed by atoms with Gasteiger partial charge >= 0.3 is 6.09 Å². The quantitative estimate of drug-likeness (QED) is 0.748. The van der Waals surface area contributed by atoms with Gasteiger partial charge in [0.25, 0.3) is 0 Å². The predicted molar refractivity (Wildman–Crippen MR) is 83.4 cm³/mol. The lowest BCUT2D eigenvalue weighted by molar-refractivity contribution is 0.0192. The number of piperazine rings is 1. The Balaban J connectivity index is 2.11. The second kappa shape index (κ2) is 6.10. The van der Waals surface area contributed by atoms with Crippen LogP contribution in [-0.4, -0.2) is 46.8 Å². The zero-order valence-corrected chi connectivity index (χ0v) is 13.8. The normalized spacial score (nSPS) is 22.6. The summed E-state index contributed by atoms with van der Waals surface area (Å²) in [5, 5.41) is 0. The van der Waals surface area contributed by atoms with E-state index in [-0.39, 0.29) is 18.2 Å². The second-order valence-corrected chi connectivity index (χ2v) is 6.81. The molecule has 5 nitrogen and oxygen atoms in total. The van der Waals surface area contributed by atoms with Gasteiger partial charge in [0, 0.05) is 25.2 Å². The van der Waals surface area contributed by atoms with Gasteiger partial charge in [-0.15, -0.1) is 0 Å². The predicted octanol–water partition coefficient (Wildman–Crippen LogP) is 3.05. The number of pyridine rings is 1. The number of ether oxygens (including phenoxy) is 1. The Bertz CT molecular complexity index is 532. The number of halogens is 1. The fourth-order valence-electron chi connectivity index (χ4n) is 2.79. The van der Waals surface area contributed by atoms with Gasteiger partial charge < -0.3 is 14.5 Å². The lowest BCUT2D eigenvalue weighted by Gasteiger charge is -2.45. The molecule has 0 spiro atoms. The lowest BCUT2D eigenvalue weighted by Crippen LogP contribution is -2.59. The van der Waals surface area contributed by atoms with Gasteiger partial charge in [-0.1, -0.05) is 6.07 Å². The summed E-state index contributed by atoms with van der Waals surface area (Å²) in [6.45, 7) is 10.6. The first-order valence-corrected chi connectivity index (χ1v) is 7.56. The van der Waals surface area contributed by atoms with Crippen LogP contribution in [0.25, 0.3) is 0 Å². The van der Waals surface area contributed by atoms with Gasteiger partial charge in [-0.3, -0.25) is 0 Å². The molecule has 0 N–H and O–H groups in total. The SMILES string of the molecule is C[C@@H]1CN(C(=O)OC(C)(C)C)C[C@H](C)N1c1cccc(F)n1. The van der Waals surface area contributed by atoms with Crippen LogP contribution < -0.4 is 4.90 Å². The Morgan fingerprint density at radius 1 is 1.27 bits per heavy atom. The van der Waals surface area contributed by atoms with Crippen molar-refractivity contribution in [2.45, 2.75) is 52.3 Å². The molecule has 1 amide bonds. The number of nitrogens with zero attached hydrogens (tertiary/aromatic N) is 3. The van der Waals surface area contributed by atoms with Crippen LogP contribution in [0.15, 0.2) is 18.2 Å². The Morgan fingerprint density at radius 2 is 1.86 bits per heavy atom. The van der Waals surface area contributed by atoms with Crippen LogP contribution in [0.1, 0.15) is 34.6 Å². The van der Waals surface area contributed by atoms with Crippen LogP contribution >= 0.6 is 0 Å². The van der Waals surface area contributed by atoms with E-state index >= 15 is 0 Å². The van der Waals surface area contributed by atoms with Crippen LogP contribution in [0.5, 0.6) is 0 Å². The van der Waals surface area contributed by atoms with Crippen molar-refractivity contribution >= 4 is 11.9 Å². The third-order valence-electron chi connectivity index (χ3n) is 3.54. The third kappa shape index (κ3) is 3.87. The average Bonchev–Trinajstić information content (AvgIpc) is 2.35. The van der Waals surface area contributed by atoms with Gasteiger partial charge in [-0.2, -0.15) is 4.39 Å². The topological polar surface area (TPSA) is 45.7 Å². The van der Waals surface area contributed by atoms with Gasteiger partial charge in [-0.05, 0) is 46.8 Å². The van der Waals surface area contributed by atoms with E-state index in [9.17, 15) is 9.18 Å². The highest BCUT2D eigenvalue weighted by Crippen LogP contribution is 2.24. The summed E-state index contributed by atoms with van der Waals surface area (Å²) in [6.07, 6.45) is -0.307. The van der Waals surface area contributed by atoms with E-state index in [1.54, 1.807) is 17.0 Å². The smallest absolute Gasteiger partial charge is 0.410 e. The molecule has 1 aliphatic rings. The summed E-state index contributed by atoms with van der Waals surface area (Å²) < 4.78 is 18.8. The maximum absolute atomic E-state index is 13.3. The standard InChI is InChI=1S/C16H24FN3O2/c1-11-9-19(15(21)22-16(3,4)5)10-12(2)20(11)14-8-6-7-13(17)18-14/h6-8,11-12H,9-10H2,1-5H3/t11-,12+. The molecule has 122 valence electrons. The first kappa shape index (κ1) is 16.5. The molecular formula is C16H24FN3O2. The molecule has 1 aromatic rings. The van der Waals surface area contributed by atoms with Crippen molar-refractivity contribution in [2.75, 3.05) is 18.0 Å². The van der Waals surface area contributed by atoms with Gasteiger partial charge in [0.1, 0.15) is 11.4 Å². The molecule has 22 heavy (non-hydrogen) atoms. The van der Waals surface area contributed by atoms with Crippen molar-refractivity contribution in [2.24, 2.45) is 0 Å². The number of carbonyl (C=O) groups excluding carboxylic acids is 1. The Kier molecular flexibility index (Phi) is 4.58. The maximum Gasteiger partial charge on any atom is 0.410 e. The van der Waals surface area contributed by atoms with E-state index in [1.165, 1.54) is 6.07 Å². The summed E-state index contributed by atoms with van der Waals surface area (Å²) in [5.41, 5.74) is -0.509. The molecule has 0 unspecified atom stereocenters. The number of hydrogen-bond donors (Lipinski definition) is 0. The van der Waals surface area contributed by atoms with E-state index in [1.807, 2.05) is 39.5 Å². The van der Waals surface area contributed by atoms with E-state index in [0.717, 1.165) is 0 Å². The minimum atomic E-state index is -0.509. The van der Waals surface area contributed by atoms with Crippen LogP contribution in [0.4, 0.5) is 15.0 Å². The summed E-state index contributed by atoms with van der Waals surface area (Å²) in [4.78, 5) is 19.9. The van der Waals surface area contributed by atoms with Crippen molar-refractivity contribution in [3.63, 3.8) is 0 Å². The lowest BCUT2D eigenvalue weighted by atomic mass is 10.1. The monoisotopic (exact) mass is 309 g/mol. The van der Waals surface area contributed by atoms with Crippen LogP contribution in [0, 0.1) is 5.95 Å². The molecule has 1 fully saturated rings.